The molecule has 7 nitrogen and oxygen atoms in total. The first-order valence-corrected chi connectivity index (χ1v) is 8.15. The molecule has 0 saturated heterocycles. The maximum atomic E-state index is 13.8. The summed E-state index contributed by atoms with van der Waals surface area (Å²) in [5.74, 6) is -1.63. The fraction of sp³-hybridized carbons (Fsp3) is 0.263. The number of halogens is 1. The minimum absolute atomic E-state index is 0.0203. The van der Waals surface area contributed by atoms with Crippen LogP contribution in [0.1, 0.15) is 18.5 Å². The summed E-state index contributed by atoms with van der Waals surface area (Å²) in [6, 6.07) is 8.90. The number of hydrogen-bond donors (Lipinski definition) is 2. The third-order valence-electron chi connectivity index (χ3n) is 3.57. The van der Waals surface area contributed by atoms with Gasteiger partial charge in [-0.2, -0.15) is 0 Å². The number of rotatable bonds is 9. The molecule has 0 heterocycles. The van der Waals surface area contributed by atoms with Gasteiger partial charge in [-0.15, -0.1) is 0 Å². The summed E-state index contributed by atoms with van der Waals surface area (Å²) in [4.78, 5) is 23.5. The zero-order chi connectivity index (χ0) is 19.8. The topological polar surface area (TPSA) is 94.1 Å². The molecule has 0 saturated carbocycles. The van der Waals surface area contributed by atoms with Crippen LogP contribution in [0.2, 0.25) is 0 Å². The summed E-state index contributed by atoms with van der Waals surface area (Å²) in [6.07, 6.45) is 0. The van der Waals surface area contributed by atoms with Crippen LogP contribution in [0.4, 0.5) is 4.39 Å². The summed E-state index contributed by atoms with van der Waals surface area (Å²) >= 11 is 0. The summed E-state index contributed by atoms with van der Waals surface area (Å²) < 4.78 is 29.2. The SMILES string of the molecule is CCOc1ccc(OCC(=O)NC(C(=O)O)c2ccc(OC)c(F)c2)cc1. The van der Waals surface area contributed by atoms with Gasteiger partial charge in [0.25, 0.3) is 5.91 Å². The highest BCUT2D eigenvalue weighted by atomic mass is 19.1. The molecular formula is C19H20FNO6. The highest BCUT2D eigenvalue weighted by molar-refractivity contribution is 5.85. The number of methoxy groups -OCH3 is 1. The van der Waals surface area contributed by atoms with E-state index in [0.29, 0.717) is 18.1 Å². The number of carboxylic acids is 1. The number of hydrogen-bond acceptors (Lipinski definition) is 5. The predicted molar refractivity (Wildman–Crippen MR) is 94.6 cm³/mol. The monoisotopic (exact) mass is 377 g/mol. The smallest absolute Gasteiger partial charge is 0.330 e. The Morgan fingerprint density at radius 1 is 1.11 bits per heavy atom. The van der Waals surface area contributed by atoms with Gasteiger partial charge in [-0.25, -0.2) is 9.18 Å². The Morgan fingerprint density at radius 2 is 1.74 bits per heavy atom. The van der Waals surface area contributed by atoms with Gasteiger partial charge in [0.1, 0.15) is 11.5 Å². The first kappa shape index (κ1) is 20.0. The maximum absolute atomic E-state index is 13.8. The van der Waals surface area contributed by atoms with Crippen LogP contribution in [-0.2, 0) is 9.59 Å². The molecule has 2 aromatic carbocycles. The molecule has 2 rings (SSSR count). The number of carboxylic acid groups (broad SMARTS) is 1. The molecule has 2 aromatic rings. The van der Waals surface area contributed by atoms with Gasteiger partial charge in [-0.05, 0) is 48.9 Å². The molecule has 1 unspecified atom stereocenters. The van der Waals surface area contributed by atoms with Crippen molar-refractivity contribution in [3.05, 3.63) is 53.8 Å². The first-order chi connectivity index (χ1) is 12.9. The molecule has 27 heavy (non-hydrogen) atoms. The largest absolute Gasteiger partial charge is 0.494 e. The molecule has 0 bridgehead atoms. The van der Waals surface area contributed by atoms with Crippen molar-refractivity contribution in [2.75, 3.05) is 20.3 Å². The van der Waals surface area contributed by atoms with Gasteiger partial charge < -0.3 is 24.6 Å². The quantitative estimate of drug-likeness (QED) is 0.698. The van der Waals surface area contributed by atoms with Crippen molar-refractivity contribution in [3.8, 4) is 17.2 Å². The van der Waals surface area contributed by atoms with Crippen LogP contribution < -0.4 is 19.5 Å². The molecule has 0 aliphatic rings. The van der Waals surface area contributed by atoms with Gasteiger partial charge in [0.2, 0.25) is 0 Å². The van der Waals surface area contributed by atoms with Crippen molar-refractivity contribution in [1.29, 1.82) is 0 Å². The molecule has 1 atom stereocenters. The van der Waals surface area contributed by atoms with Gasteiger partial charge in [0.15, 0.2) is 24.2 Å². The number of benzene rings is 2. The number of carbonyl (C=O) groups excluding carboxylic acids is 1. The van der Waals surface area contributed by atoms with Crippen LogP contribution in [0.25, 0.3) is 0 Å². The van der Waals surface area contributed by atoms with Crippen molar-refractivity contribution >= 4 is 11.9 Å². The van der Waals surface area contributed by atoms with Crippen LogP contribution in [0.5, 0.6) is 17.2 Å². The number of aliphatic carboxylic acids is 1. The van der Waals surface area contributed by atoms with E-state index in [2.05, 4.69) is 5.32 Å². The second-order valence-corrected chi connectivity index (χ2v) is 5.43. The average molecular weight is 377 g/mol. The lowest BCUT2D eigenvalue weighted by Gasteiger charge is -2.16. The minimum Gasteiger partial charge on any atom is -0.494 e. The third-order valence-corrected chi connectivity index (χ3v) is 3.57. The molecule has 0 spiro atoms. The lowest BCUT2D eigenvalue weighted by Crippen LogP contribution is -2.36. The number of carbonyl (C=O) groups is 2. The second-order valence-electron chi connectivity index (χ2n) is 5.43. The molecule has 144 valence electrons. The normalized spacial score (nSPS) is 11.4. The third kappa shape index (κ3) is 5.60. The van der Waals surface area contributed by atoms with Crippen molar-refractivity contribution in [2.45, 2.75) is 13.0 Å². The summed E-state index contributed by atoms with van der Waals surface area (Å²) in [6.45, 7) is 2.00. The van der Waals surface area contributed by atoms with E-state index in [1.807, 2.05) is 6.92 Å². The van der Waals surface area contributed by atoms with Crippen LogP contribution in [-0.4, -0.2) is 37.3 Å². The van der Waals surface area contributed by atoms with Crippen LogP contribution in [0.3, 0.4) is 0 Å². The zero-order valence-corrected chi connectivity index (χ0v) is 14.9. The molecule has 0 fully saturated rings. The maximum Gasteiger partial charge on any atom is 0.330 e. The Kier molecular flexibility index (Phi) is 6.99. The van der Waals surface area contributed by atoms with Gasteiger partial charge in [-0.3, -0.25) is 4.79 Å². The fourth-order valence-electron chi connectivity index (χ4n) is 2.30. The Labute approximate surface area is 155 Å². The van der Waals surface area contributed by atoms with E-state index in [4.69, 9.17) is 14.2 Å². The first-order valence-electron chi connectivity index (χ1n) is 8.15. The lowest BCUT2D eigenvalue weighted by molar-refractivity contribution is -0.142. The zero-order valence-electron chi connectivity index (χ0n) is 14.9. The van der Waals surface area contributed by atoms with Gasteiger partial charge in [0.05, 0.1) is 13.7 Å². The highest BCUT2D eigenvalue weighted by Crippen LogP contribution is 2.22. The Hall–Kier alpha value is -3.29. The molecule has 8 heteroatoms. The van der Waals surface area contributed by atoms with Crippen molar-refractivity contribution in [1.82, 2.24) is 5.32 Å². The Morgan fingerprint density at radius 3 is 2.26 bits per heavy atom. The van der Waals surface area contributed by atoms with Gasteiger partial charge >= 0.3 is 5.97 Å². The minimum atomic E-state index is -1.41. The number of amides is 1. The van der Waals surface area contributed by atoms with E-state index >= 15 is 0 Å². The summed E-state index contributed by atoms with van der Waals surface area (Å²) in [7, 11) is 1.30. The standard InChI is InChI=1S/C19H20FNO6/c1-3-26-13-5-7-14(8-6-13)27-11-17(22)21-18(19(23)24)12-4-9-16(25-2)15(20)10-12/h4-10,18H,3,11H2,1-2H3,(H,21,22)(H,23,24). The molecule has 0 aromatic heterocycles. The van der Waals surface area contributed by atoms with E-state index < -0.39 is 30.3 Å². The fourth-order valence-corrected chi connectivity index (χ4v) is 2.30. The predicted octanol–water partition coefficient (Wildman–Crippen LogP) is 2.55. The number of nitrogens with one attached hydrogen (secondary N) is 1. The van der Waals surface area contributed by atoms with Crippen molar-refractivity contribution < 1.29 is 33.3 Å². The van der Waals surface area contributed by atoms with Crippen molar-refractivity contribution in [3.63, 3.8) is 0 Å². The molecule has 2 N–H and O–H groups in total. The summed E-state index contributed by atoms with van der Waals surface area (Å²) in [5.41, 5.74) is 0.0789. The second kappa shape index (κ2) is 9.42. The Balaban J connectivity index is 1.98. The van der Waals surface area contributed by atoms with E-state index in [1.54, 1.807) is 24.3 Å². The van der Waals surface area contributed by atoms with E-state index in [-0.39, 0.29) is 11.3 Å². The van der Waals surface area contributed by atoms with Gasteiger partial charge in [-0.1, -0.05) is 6.07 Å². The Bertz CT molecular complexity index is 793. The number of ether oxygens (including phenoxy) is 3. The van der Waals surface area contributed by atoms with Crippen molar-refractivity contribution in [2.24, 2.45) is 0 Å². The molecule has 1 amide bonds. The average Bonchev–Trinajstić information content (AvgIpc) is 2.65. The highest BCUT2D eigenvalue weighted by Gasteiger charge is 2.23. The van der Waals surface area contributed by atoms with Crippen LogP contribution in [0, 0.1) is 5.82 Å². The molecule has 0 radical (unpaired) electrons. The molecule has 0 aliphatic carbocycles. The summed E-state index contributed by atoms with van der Waals surface area (Å²) in [5, 5.41) is 11.6. The molecule has 0 aliphatic heterocycles. The van der Waals surface area contributed by atoms with Gasteiger partial charge in [0, 0.05) is 0 Å². The van der Waals surface area contributed by atoms with Crippen LogP contribution in [0.15, 0.2) is 42.5 Å². The lowest BCUT2D eigenvalue weighted by atomic mass is 10.1. The van der Waals surface area contributed by atoms with E-state index in [0.717, 1.165) is 6.07 Å². The van der Waals surface area contributed by atoms with Crippen LogP contribution >= 0.6 is 0 Å². The van der Waals surface area contributed by atoms with E-state index in [1.165, 1.54) is 19.2 Å². The molecular weight excluding hydrogens is 357 g/mol. The van der Waals surface area contributed by atoms with E-state index in [9.17, 15) is 19.1 Å².